The van der Waals surface area contributed by atoms with Crippen molar-refractivity contribution in [3.63, 3.8) is 0 Å². The molecular formula is C18H21N3O2S2. The molecule has 0 bridgehead atoms. The second-order valence-electron chi connectivity index (χ2n) is 5.77. The van der Waals surface area contributed by atoms with Crippen LogP contribution in [0.25, 0.3) is 11.0 Å². The van der Waals surface area contributed by atoms with E-state index >= 15 is 0 Å². The molecular weight excluding hydrogens is 354 g/mol. The maximum atomic E-state index is 11.5. The van der Waals surface area contributed by atoms with Crippen LogP contribution >= 0.6 is 11.8 Å². The van der Waals surface area contributed by atoms with Crippen LogP contribution in [0, 0.1) is 0 Å². The van der Waals surface area contributed by atoms with E-state index in [9.17, 15) is 8.42 Å². The van der Waals surface area contributed by atoms with Crippen LogP contribution in [0.3, 0.4) is 0 Å². The number of imidazole rings is 1. The molecule has 0 aliphatic rings. The normalized spacial score (nSPS) is 11.9. The minimum Gasteiger partial charge on any atom is -0.319 e. The molecule has 0 aliphatic heterocycles. The average Bonchev–Trinajstić information content (AvgIpc) is 2.95. The zero-order valence-electron chi connectivity index (χ0n) is 14.1. The van der Waals surface area contributed by atoms with E-state index in [1.165, 1.54) is 11.6 Å². The number of aryl methyl sites for hydroxylation is 2. The Bertz CT molecular complexity index is 967. The summed E-state index contributed by atoms with van der Waals surface area (Å²) < 4.78 is 25.1. The van der Waals surface area contributed by atoms with Crippen molar-refractivity contribution in [2.45, 2.75) is 36.4 Å². The number of primary sulfonamides is 1. The lowest BCUT2D eigenvalue weighted by Gasteiger charge is -2.06. The number of rotatable bonds is 7. The highest BCUT2D eigenvalue weighted by Gasteiger charge is 2.14. The maximum absolute atomic E-state index is 11.5. The van der Waals surface area contributed by atoms with Crippen LogP contribution in [0.4, 0.5) is 0 Å². The first kappa shape index (κ1) is 18.0. The molecule has 0 radical (unpaired) electrons. The number of hydrogen-bond acceptors (Lipinski definition) is 4. The predicted molar refractivity (Wildman–Crippen MR) is 102 cm³/mol. The summed E-state index contributed by atoms with van der Waals surface area (Å²) in [5.74, 6) is 0.959. The van der Waals surface area contributed by atoms with Crippen molar-refractivity contribution in [1.82, 2.24) is 9.55 Å². The Kier molecular flexibility index (Phi) is 5.46. The summed E-state index contributed by atoms with van der Waals surface area (Å²) in [5.41, 5.74) is 2.93. The Hall–Kier alpha value is -1.83. The Morgan fingerprint density at radius 2 is 1.92 bits per heavy atom. The number of nitrogens with zero attached hydrogens (tertiary/aromatic N) is 2. The summed E-state index contributed by atoms with van der Waals surface area (Å²) in [4.78, 5) is 4.71. The molecule has 0 saturated carbocycles. The van der Waals surface area contributed by atoms with E-state index in [-0.39, 0.29) is 4.90 Å². The van der Waals surface area contributed by atoms with Gasteiger partial charge in [0.1, 0.15) is 0 Å². The van der Waals surface area contributed by atoms with Gasteiger partial charge < -0.3 is 4.57 Å². The zero-order valence-corrected chi connectivity index (χ0v) is 15.7. The highest BCUT2D eigenvalue weighted by molar-refractivity contribution is 7.99. The first-order valence-electron chi connectivity index (χ1n) is 8.19. The maximum Gasteiger partial charge on any atom is 0.238 e. The van der Waals surface area contributed by atoms with Gasteiger partial charge in [0.2, 0.25) is 10.0 Å². The zero-order chi connectivity index (χ0) is 17.9. The van der Waals surface area contributed by atoms with Gasteiger partial charge in [0, 0.05) is 12.3 Å². The highest BCUT2D eigenvalue weighted by atomic mass is 32.2. The molecule has 2 N–H and O–H groups in total. The lowest BCUT2D eigenvalue weighted by Crippen LogP contribution is -2.11. The van der Waals surface area contributed by atoms with Gasteiger partial charge >= 0.3 is 0 Å². The Balaban J connectivity index is 1.74. The third-order valence-corrected chi connectivity index (χ3v) is 5.99. The lowest BCUT2D eigenvalue weighted by molar-refractivity contribution is 0.598. The average molecular weight is 376 g/mol. The predicted octanol–water partition coefficient (Wildman–Crippen LogP) is 3.43. The number of thioether (sulfide) groups is 1. The van der Waals surface area contributed by atoms with Crippen molar-refractivity contribution >= 4 is 32.8 Å². The Morgan fingerprint density at radius 3 is 2.60 bits per heavy atom. The fourth-order valence-electron chi connectivity index (χ4n) is 2.76. The van der Waals surface area contributed by atoms with Gasteiger partial charge in [-0.3, -0.25) is 0 Å². The van der Waals surface area contributed by atoms with Crippen molar-refractivity contribution in [1.29, 1.82) is 0 Å². The van der Waals surface area contributed by atoms with Gasteiger partial charge in [0.15, 0.2) is 5.16 Å². The molecule has 3 aromatic rings. The number of sulfonamides is 1. The molecule has 0 spiro atoms. The van der Waals surface area contributed by atoms with Crippen molar-refractivity contribution in [2.75, 3.05) is 5.75 Å². The Labute approximate surface area is 152 Å². The minimum atomic E-state index is -3.71. The van der Waals surface area contributed by atoms with Gasteiger partial charge in [0.05, 0.1) is 15.9 Å². The molecule has 3 rings (SSSR count). The van der Waals surface area contributed by atoms with E-state index in [0.29, 0.717) is 5.52 Å². The van der Waals surface area contributed by atoms with E-state index in [1.807, 2.05) is 6.07 Å². The van der Waals surface area contributed by atoms with Crippen molar-refractivity contribution in [2.24, 2.45) is 5.14 Å². The molecule has 5 nitrogen and oxygen atoms in total. The number of hydrogen-bond donors (Lipinski definition) is 1. The largest absolute Gasteiger partial charge is 0.319 e. The van der Waals surface area contributed by atoms with Crippen LogP contribution in [-0.2, 0) is 23.0 Å². The molecule has 1 aromatic heterocycles. The van der Waals surface area contributed by atoms with Gasteiger partial charge in [-0.1, -0.05) is 42.1 Å². The van der Waals surface area contributed by atoms with Crippen molar-refractivity contribution in [3.05, 3.63) is 54.1 Å². The molecule has 0 fully saturated rings. The highest BCUT2D eigenvalue weighted by Crippen LogP contribution is 2.26. The topological polar surface area (TPSA) is 78.0 Å². The molecule has 0 amide bonds. The fraction of sp³-hybridized carbons (Fsp3) is 0.278. The molecule has 0 unspecified atom stereocenters. The SMILES string of the molecule is CCn1c(SCCCc2ccccc2)nc2cc(S(N)(=O)=O)ccc21. The summed E-state index contributed by atoms with van der Waals surface area (Å²) in [6.45, 7) is 2.84. The van der Waals surface area contributed by atoms with E-state index in [0.717, 1.165) is 35.8 Å². The minimum absolute atomic E-state index is 0.0985. The smallest absolute Gasteiger partial charge is 0.238 e. The van der Waals surface area contributed by atoms with Crippen LogP contribution in [0.1, 0.15) is 18.9 Å². The van der Waals surface area contributed by atoms with Crippen molar-refractivity contribution < 1.29 is 8.42 Å². The number of nitrogens with two attached hydrogens (primary N) is 1. The van der Waals surface area contributed by atoms with E-state index in [2.05, 4.69) is 40.7 Å². The number of aromatic nitrogens is 2. The van der Waals surface area contributed by atoms with Crippen LogP contribution in [0.5, 0.6) is 0 Å². The second-order valence-corrected chi connectivity index (χ2v) is 8.40. The van der Waals surface area contributed by atoms with Crippen LogP contribution in [0.15, 0.2) is 58.6 Å². The standard InChI is InChI=1S/C18H21N3O2S2/c1-2-21-17-11-10-15(25(19,22)23)13-16(17)20-18(21)24-12-6-9-14-7-4-3-5-8-14/h3-5,7-8,10-11,13H,2,6,9,12H2,1H3,(H2,19,22,23). The third kappa shape index (κ3) is 4.23. The van der Waals surface area contributed by atoms with Crippen LogP contribution in [0.2, 0.25) is 0 Å². The van der Waals surface area contributed by atoms with Gasteiger partial charge in [-0.05, 0) is 43.5 Å². The number of fused-ring (bicyclic) bond motifs is 1. The van der Waals surface area contributed by atoms with Crippen LogP contribution < -0.4 is 5.14 Å². The Morgan fingerprint density at radius 1 is 1.16 bits per heavy atom. The summed E-state index contributed by atoms with van der Waals surface area (Å²) in [6.07, 6.45) is 2.10. The lowest BCUT2D eigenvalue weighted by atomic mass is 10.1. The van der Waals surface area contributed by atoms with E-state index in [1.54, 1.807) is 23.9 Å². The quantitative estimate of drug-likeness (QED) is 0.507. The fourth-order valence-corrected chi connectivity index (χ4v) is 4.32. The van der Waals surface area contributed by atoms with E-state index in [4.69, 9.17) is 5.14 Å². The monoisotopic (exact) mass is 375 g/mol. The van der Waals surface area contributed by atoms with Crippen molar-refractivity contribution in [3.8, 4) is 0 Å². The summed E-state index contributed by atoms with van der Waals surface area (Å²) in [5, 5.41) is 6.13. The molecule has 0 atom stereocenters. The molecule has 1 heterocycles. The molecule has 132 valence electrons. The third-order valence-electron chi connectivity index (χ3n) is 4.01. The second kappa shape index (κ2) is 7.59. The first-order valence-corrected chi connectivity index (χ1v) is 10.7. The summed E-state index contributed by atoms with van der Waals surface area (Å²) in [6, 6.07) is 15.3. The first-order chi connectivity index (χ1) is 12.0. The molecule has 0 saturated heterocycles. The molecule has 0 aliphatic carbocycles. The van der Waals surface area contributed by atoms with Gasteiger partial charge in [-0.2, -0.15) is 0 Å². The van der Waals surface area contributed by atoms with Gasteiger partial charge in [-0.25, -0.2) is 18.5 Å². The van der Waals surface area contributed by atoms with Crippen LogP contribution in [-0.4, -0.2) is 23.7 Å². The van der Waals surface area contributed by atoms with Gasteiger partial charge in [-0.15, -0.1) is 0 Å². The summed E-state index contributed by atoms with van der Waals surface area (Å²) >= 11 is 1.70. The van der Waals surface area contributed by atoms with E-state index < -0.39 is 10.0 Å². The molecule has 7 heteroatoms. The summed E-state index contributed by atoms with van der Waals surface area (Å²) in [7, 11) is -3.71. The molecule has 25 heavy (non-hydrogen) atoms. The number of benzene rings is 2. The van der Waals surface area contributed by atoms with Gasteiger partial charge in [0.25, 0.3) is 0 Å². The molecule has 2 aromatic carbocycles.